The number of ether oxygens (including phenoxy) is 2. The van der Waals surface area contributed by atoms with Crippen molar-refractivity contribution in [1.82, 2.24) is 9.80 Å². The zero-order valence-corrected chi connectivity index (χ0v) is 28.6. The van der Waals surface area contributed by atoms with E-state index in [0.717, 1.165) is 16.7 Å². The predicted octanol–water partition coefficient (Wildman–Crippen LogP) is 7.22. The number of hydrogen-bond acceptors (Lipinski definition) is 7. The Hall–Kier alpha value is -5.45. The first-order valence-electron chi connectivity index (χ1n) is 15.5. The molecule has 3 aromatic rings. The molecule has 3 aromatic carbocycles. The Morgan fingerprint density at radius 3 is 1.54 bits per heavy atom. The molecule has 0 spiro atoms. The van der Waals surface area contributed by atoms with Crippen molar-refractivity contribution in [2.24, 2.45) is 0 Å². The average Bonchev–Trinajstić information content (AvgIpc) is 3.46. The molecule has 2 aliphatic heterocycles. The topological polar surface area (TPSA) is 134 Å². The molecule has 0 saturated carbocycles. The minimum absolute atomic E-state index is 0.106. The normalized spacial score (nSPS) is 13.8. The molecule has 11 heteroatoms. The Kier molecular flexibility index (Phi) is 10.4. The summed E-state index contributed by atoms with van der Waals surface area (Å²) in [6, 6.07) is 16.8. The van der Waals surface area contributed by atoms with Gasteiger partial charge in [-0.3, -0.25) is 25.0 Å². The highest BCUT2D eigenvalue weighted by Gasteiger charge is 2.32. The van der Waals surface area contributed by atoms with E-state index in [0.29, 0.717) is 53.0 Å². The first kappa shape index (κ1) is 35.4. The largest absolute Gasteiger partial charge is 0.444 e. The molecule has 0 radical (unpaired) electrons. The number of carbonyl (C=O) groups is 5. The van der Waals surface area contributed by atoms with Crippen LogP contribution in [0.2, 0.25) is 0 Å². The van der Waals surface area contributed by atoms with Crippen LogP contribution in [0.3, 0.4) is 0 Å². The maximum absolute atomic E-state index is 12.6. The molecule has 11 nitrogen and oxygen atoms in total. The van der Waals surface area contributed by atoms with Crippen molar-refractivity contribution in [3.05, 3.63) is 93.5 Å². The summed E-state index contributed by atoms with van der Waals surface area (Å²) >= 11 is 0. The van der Waals surface area contributed by atoms with Gasteiger partial charge in [-0.15, -0.1) is 0 Å². The van der Waals surface area contributed by atoms with Crippen LogP contribution in [0.1, 0.15) is 94.9 Å². The summed E-state index contributed by atoms with van der Waals surface area (Å²) in [5.41, 5.74) is 4.52. The maximum Gasteiger partial charge on any atom is 0.412 e. The lowest BCUT2D eigenvalue weighted by atomic mass is 10.00. The maximum atomic E-state index is 12.6. The third-order valence-electron chi connectivity index (χ3n) is 7.26. The molecule has 0 aliphatic carbocycles. The fraction of sp³-hybridized carbons (Fsp3) is 0.324. The highest BCUT2D eigenvalue weighted by molar-refractivity contribution is 6.08. The fourth-order valence-corrected chi connectivity index (χ4v) is 5.21. The lowest BCUT2D eigenvalue weighted by Crippen LogP contribution is -2.28. The predicted molar refractivity (Wildman–Crippen MR) is 185 cm³/mol. The summed E-state index contributed by atoms with van der Waals surface area (Å²) in [6.07, 6.45) is 3.52. The van der Waals surface area contributed by atoms with E-state index in [1.54, 1.807) is 78.7 Å². The monoisotopic (exact) mass is 654 g/mol. The summed E-state index contributed by atoms with van der Waals surface area (Å²) in [6.45, 7) is 11.5. The second-order valence-corrected chi connectivity index (χ2v) is 13.5. The molecule has 0 fully saturated rings. The van der Waals surface area contributed by atoms with Gasteiger partial charge in [0.1, 0.15) is 17.5 Å². The van der Waals surface area contributed by atoms with E-state index in [1.807, 2.05) is 48.6 Å². The number of amides is 4. The van der Waals surface area contributed by atoms with Crippen LogP contribution < -0.4 is 10.6 Å². The smallest absolute Gasteiger partial charge is 0.412 e. The van der Waals surface area contributed by atoms with Gasteiger partial charge in [0.15, 0.2) is 0 Å². The first-order valence-corrected chi connectivity index (χ1v) is 15.5. The van der Waals surface area contributed by atoms with Gasteiger partial charge < -0.3 is 19.3 Å². The van der Waals surface area contributed by atoms with Crippen LogP contribution in [-0.4, -0.2) is 65.4 Å². The molecule has 5 rings (SSSR count). The summed E-state index contributed by atoms with van der Waals surface area (Å²) < 4.78 is 10.5. The molecular formula is C37H42N4O7. The minimum atomic E-state index is -0.633. The van der Waals surface area contributed by atoms with Crippen molar-refractivity contribution >= 4 is 53.8 Å². The Morgan fingerprint density at radius 1 is 0.667 bits per heavy atom. The Balaban J connectivity index is 0.000000224. The SMILES string of the molecule is CN1Cc2c(C=Cc3ccccc3)ccc(NC(=O)OC(C)(C)C)c2C1=O.CN1Cc2c(C=O)ccc(NC(=O)OC(C)(C)C)c2C1=O. The molecule has 48 heavy (non-hydrogen) atoms. The number of nitrogens with zero attached hydrogens (tertiary/aromatic N) is 2. The van der Waals surface area contributed by atoms with Crippen molar-refractivity contribution in [1.29, 1.82) is 0 Å². The molecular weight excluding hydrogens is 612 g/mol. The van der Waals surface area contributed by atoms with Crippen LogP contribution in [0.15, 0.2) is 54.6 Å². The standard InChI is InChI=1S/C22H24N2O3.C15H18N2O4/c1-22(2,3)27-21(26)23-18-13-12-16(11-10-15-8-6-5-7-9-15)17-14-24(4)20(25)19(17)18;1-15(2,3)21-14(20)16-11-6-5-9(8-18)10-7-17(4)13(19)12(10)11/h5-13H,14H2,1-4H3,(H,23,26);5-6,8H,7H2,1-4H3,(H,16,20). The summed E-state index contributed by atoms with van der Waals surface area (Å²) in [4.78, 5) is 63.0. The number of aldehydes is 1. The van der Waals surface area contributed by atoms with Crippen LogP contribution in [0.4, 0.5) is 21.0 Å². The number of benzene rings is 3. The van der Waals surface area contributed by atoms with E-state index in [9.17, 15) is 24.0 Å². The Morgan fingerprint density at radius 2 is 1.10 bits per heavy atom. The second-order valence-electron chi connectivity index (χ2n) is 13.5. The molecule has 0 atom stereocenters. The molecule has 2 aliphatic rings. The highest BCUT2D eigenvalue weighted by Crippen LogP contribution is 2.33. The van der Waals surface area contributed by atoms with E-state index < -0.39 is 23.4 Å². The number of anilines is 2. The van der Waals surface area contributed by atoms with Gasteiger partial charge >= 0.3 is 12.2 Å². The van der Waals surface area contributed by atoms with Gasteiger partial charge in [0.25, 0.3) is 11.8 Å². The van der Waals surface area contributed by atoms with Gasteiger partial charge in [-0.05, 0) is 82.0 Å². The quantitative estimate of drug-likeness (QED) is 0.219. The molecule has 2 heterocycles. The third kappa shape index (κ3) is 8.67. The molecule has 4 amide bonds. The van der Waals surface area contributed by atoms with E-state index >= 15 is 0 Å². The van der Waals surface area contributed by atoms with Crippen LogP contribution in [-0.2, 0) is 22.6 Å². The number of fused-ring (bicyclic) bond motifs is 2. The summed E-state index contributed by atoms with van der Waals surface area (Å²) in [7, 11) is 3.40. The molecule has 252 valence electrons. The minimum Gasteiger partial charge on any atom is -0.444 e. The van der Waals surface area contributed by atoms with Crippen molar-refractivity contribution in [2.75, 3.05) is 24.7 Å². The molecule has 0 unspecified atom stereocenters. The van der Waals surface area contributed by atoms with Gasteiger partial charge in [-0.1, -0.05) is 48.6 Å². The first-order chi connectivity index (χ1) is 22.5. The van der Waals surface area contributed by atoms with Crippen LogP contribution in [0.25, 0.3) is 12.2 Å². The van der Waals surface area contributed by atoms with Gasteiger partial charge in [-0.25, -0.2) is 9.59 Å². The zero-order chi connectivity index (χ0) is 35.4. The summed E-state index contributed by atoms with van der Waals surface area (Å²) in [5.74, 6) is -0.328. The lowest BCUT2D eigenvalue weighted by molar-refractivity contribution is 0.0624. The Bertz CT molecular complexity index is 1770. The van der Waals surface area contributed by atoms with Crippen molar-refractivity contribution in [2.45, 2.75) is 65.8 Å². The zero-order valence-electron chi connectivity index (χ0n) is 28.6. The second kappa shape index (κ2) is 14.1. The van der Waals surface area contributed by atoms with Crippen LogP contribution in [0.5, 0.6) is 0 Å². The lowest BCUT2D eigenvalue weighted by Gasteiger charge is -2.20. The van der Waals surface area contributed by atoms with Crippen molar-refractivity contribution in [3.8, 4) is 0 Å². The molecule has 2 N–H and O–H groups in total. The van der Waals surface area contributed by atoms with E-state index in [2.05, 4.69) is 10.6 Å². The molecule has 0 bridgehead atoms. The number of hydrogen-bond donors (Lipinski definition) is 2. The highest BCUT2D eigenvalue weighted by atomic mass is 16.6. The van der Waals surface area contributed by atoms with E-state index in [4.69, 9.17) is 9.47 Å². The molecule has 0 aromatic heterocycles. The van der Waals surface area contributed by atoms with Gasteiger partial charge in [0.05, 0.1) is 22.5 Å². The van der Waals surface area contributed by atoms with Crippen molar-refractivity contribution < 1.29 is 33.4 Å². The average molecular weight is 655 g/mol. The van der Waals surface area contributed by atoms with E-state index in [-0.39, 0.29) is 11.8 Å². The number of carbonyl (C=O) groups excluding carboxylic acids is 5. The fourth-order valence-electron chi connectivity index (χ4n) is 5.21. The van der Waals surface area contributed by atoms with Crippen molar-refractivity contribution in [3.63, 3.8) is 0 Å². The molecule has 0 saturated heterocycles. The van der Waals surface area contributed by atoms with Gasteiger partial charge in [0, 0.05) is 32.7 Å². The van der Waals surface area contributed by atoms with Gasteiger partial charge in [-0.2, -0.15) is 0 Å². The third-order valence-corrected chi connectivity index (χ3v) is 7.26. The Labute approximate surface area is 280 Å². The van der Waals surface area contributed by atoms with Gasteiger partial charge in [0.2, 0.25) is 0 Å². The van der Waals surface area contributed by atoms with E-state index in [1.165, 1.54) is 4.90 Å². The van der Waals surface area contributed by atoms with Crippen LogP contribution >= 0.6 is 0 Å². The summed E-state index contributed by atoms with van der Waals surface area (Å²) in [5, 5.41) is 5.29. The number of nitrogens with one attached hydrogen (secondary N) is 2. The van der Waals surface area contributed by atoms with Crippen LogP contribution in [0, 0.1) is 0 Å². The number of rotatable bonds is 5.